The number of benzene rings is 1. The lowest BCUT2D eigenvalue weighted by atomic mass is 10.1. The first-order valence-electron chi connectivity index (χ1n) is 7.23. The lowest BCUT2D eigenvalue weighted by Gasteiger charge is -2.23. The number of carbonyl (C=O) groups excluding carboxylic acids is 1. The monoisotopic (exact) mass is 292 g/mol. The summed E-state index contributed by atoms with van der Waals surface area (Å²) < 4.78 is 0. The van der Waals surface area contributed by atoms with Crippen LogP contribution in [0, 0.1) is 12.8 Å². The van der Waals surface area contributed by atoms with E-state index in [0.29, 0.717) is 19.4 Å². The van der Waals surface area contributed by atoms with Crippen molar-refractivity contribution in [2.45, 2.75) is 33.1 Å². The Morgan fingerprint density at radius 2 is 1.86 bits per heavy atom. The van der Waals surface area contributed by atoms with Gasteiger partial charge in [-0.2, -0.15) is 0 Å². The lowest BCUT2D eigenvalue weighted by molar-refractivity contribution is -0.136. The Bertz CT molecular complexity index is 471. The zero-order valence-electron chi connectivity index (χ0n) is 12.7. The van der Waals surface area contributed by atoms with Gasteiger partial charge in [-0.25, -0.2) is 0 Å². The number of carboxylic acid groups (broad SMARTS) is 1. The molecule has 3 N–H and O–H groups in total. The standard InChI is InChI=1S/C16H24N2O3/c1-12-3-6-14(7-4-12)18(10-9-16(20)21)15(19)8-5-13(2)11-17/h3-4,6-7,13H,5,8-11,17H2,1-2H3,(H,20,21). The van der Waals surface area contributed by atoms with Crippen LogP contribution in [0.4, 0.5) is 5.69 Å². The highest BCUT2D eigenvalue weighted by atomic mass is 16.4. The fourth-order valence-corrected chi connectivity index (χ4v) is 1.95. The molecular formula is C16H24N2O3. The van der Waals surface area contributed by atoms with Gasteiger partial charge < -0.3 is 15.7 Å². The van der Waals surface area contributed by atoms with Crippen LogP contribution >= 0.6 is 0 Å². The first-order valence-corrected chi connectivity index (χ1v) is 7.23. The van der Waals surface area contributed by atoms with Crippen molar-refractivity contribution in [3.05, 3.63) is 29.8 Å². The molecule has 1 unspecified atom stereocenters. The summed E-state index contributed by atoms with van der Waals surface area (Å²) in [6, 6.07) is 7.53. The Morgan fingerprint density at radius 1 is 1.24 bits per heavy atom. The maximum absolute atomic E-state index is 12.4. The molecule has 1 aromatic carbocycles. The first kappa shape index (κ1) is 17.2. The van der Waals surface area contributed by atoms with Gasteiger partial charge in [-0.05, 0) is 37.9 Å². The molecule has 0 spiro atoms. The maximum Gasteiger partial charge on any atom is 0.305 e. The fraction of sp³-hybridized carbons (Fsp3) is 0.500. The molecule has 0 saturated carbocycles. The van der Waals surface area contributed by atoms with E-state index in [-0.39, 0.29) is 24.8 Å². The van der Waals surface area contributed by atoms with Crippen molar-refractivity contribution in [2.24, 2.45) is 11.7 Å². The fourth-order valence-electron chi connectivity index (χ4n) is 1.95. The third kappa shape index (κ3) is 5.95. The minimum absolute atomic E-state index is 0.0552. The number of aryl methyl sites for hydroxylation is 1. The highest BCUT2D eigenvalue weighted by molar-refractivity contribution is 5.93. The van der Waals surface area contributed by atoms with Gasteiger partial charge in [0.1, 0.15) is 0 Å². The molecule has 0 radical (unpaired) electrons. The number of nitrogens with two attached hydrogens (primary N) is 1. The SMILES string of the molecule is Cc1ccc(N(CCC(=O)O)C(=O)CCC(C)CN)cc1. The molecule has 0 aliphatic heterocycles. The van der Waals surface area contributed by atoms with E-state index < -0.39 is 5.97 Å². The second kappa shape index (κ2) is 8.42. The van der Waals surface area contributed by atoms with Crippen molar-refractivity contribution in [1.82, 2.24) is 0 Å². The van der Waals surface area contributed by atoms with Crippen LogP contribution in [0.25, 0.3) is 0 Å². The summed E-state index contributed by atoms with van der Waals surface area (Å²) in [5.41, 5.74) is 7.40. The van der Waals surface area contributed by atoms with Crippen molar-refractivity contribution >= 4 is 17.6 Å². The van der Waals surface area contributed by atoms with E-state index in [1.807, 2.05) is 38.1 Å². The molecule has 5 nitrogen and oxygen atoms in total. The molecule has 0 heterocycles. The molecule has 0 fully saturated rings. The summed E-state index contributed by atoms with van der Waals surface area (Å²) in [4.78, 5) is 24.7. The molecule has 0 saturated heterocycles. The van der Waals surface area contributed by atoms with E-state index >= 15 is 0 Å². The van der Waals surface area contributed by atoms with Gasteiger partial charge in [0, 0.05) is 18.7 Å². The molecule has 1 aromatic rings. The summed E-state index contributed by atoms with van der Waals surface area (Å²) in [7, 11) is 0. The number of carbonyl (C=O) groups is 2. The molecule has 5 heteroatoms. The quantitative estimate of drug-likeness (QED) is 0.769. The van der Waals surface area contributed by atoms with Crippen LogP contribution in [-0.4, -0.2) is 30.1 Å². The van der Waals surface area contributed by atoms with E-state index in [0.717, 1.165) is 11.3 Å². The number of aliphatic carboxylic acids is 1. The summed E-state index contributed by atoms with van der Waals surface area (Å²) in [6.07, 6.45) is 1.03. The van der Waals surface area contributed by atoms with Gasteiger partial charge in [-0.3, -0.25) is 9.59 Å². The average Bonchev–Trinajstić information content (AvgIpc) is 2.46. The molecule has 1 atom stereocenters. The van der Waals surface area contributed by atoms with Crippen LogP contribution in [0.3, 0.4) is 0 Å². The number of hydrogen-bond donors (Lipinski definition) is 2. The number of carboxylic acids is 1. The topological polar surface area (TPSA) is 83.6 Å². The van der Waals surface area contributed by atoms with Crippen LogP contribution in [-0.2, 0) is 9.59 Å². The van der Waals surface area contributed by atoms with E-state index in [9.17, 15) is 9.59 Å². The van der Waals surface area contributed by atoms with Crippen LogP contribution in [0.2, 0.25) is 0 Å². The van der Waals surface area contributed by atoms with Crippen molar-refractivity contribution in [1.29, 1.82) is 0 Å². The molecule has 1 rings (SSSR count). The van der Waals surface area contributed by atoms with Crippen LogP contribution in [0.5, 0.6) is 0 Å². The van der Waals surface area contributed by atoms with Crippen LogP contribution < -0.4 is 10.6 Å². The van der Waals surface area contributed by atoms with Crippen molar-refractivity contribution in [3.8, 4) is 0 Å². The number of nitrogens with zero attached hydrogens (tertiary/aromatic N) is 1. The predicted molar refractivity (Wildman–Crippen MR) is 83.2 cm³/mol. The minimum atomic E-state index is -0.907. The van der Waals surface area contributed by atoms with Gasteiger partial charge in [-0.15, -0.1) is 0 Å². The molecular weight excluding hydrogens is 268 g/mol. The second-order valence-electron chi connectivity index (χ2n) is 5.40. The third-order valence-electron chi connectivity index (χ3n) is 3.45. The van der Waals surface area contributed by atoms with Gasteiger partial charge >= 0.3 is 5.97 Å². The largest absolute Gasteiger partial charge is 0.481 e. The van der Waals surface area contributed by atoms with Gasteiger partial charge in [0.25, 0.3) is 0 Å². The highest BCUT2D eigenvalue weighted by Crippen LogP contribution is 2.18. The summed E-state index contributed by atoms with van der Waals surface area (Å²) in [6.45, 7) is 4.71. The smallest absolute Gasteiger partial charge is 0.305 e. The van der Waals surface area contributed by atoms with Crippen LogP contribution in [0.1, 0.15) is 31.7 Å². The Kier molecular flexibility index (Phi) is 6.88. The molecule has 0 aromatic heterocycles. The highest BCUT2D eigenvalue weighted by Gasteiger charge is 2.17. The van der Waals surface area contributed by atoms with Crippen LogP contribution in [0.15, 0.2) is 24.3 Å². The Labute approximate surface area is 125 Å². The number of anilines is 1. The van der Waals surface area contributed by atoms with Gasteiger partial charge in [0.2, 0.25) is 5.91 Å². The third-order valence-corrected chi connectivity index (χ3v) is 3.45. The molecule has 116 valence electrons. The molecule has 0 bridgehead atoms. The summed E-state index contributed by atoms with van der Waals surface area (Å²) in [5.74, 6) is -0.677. The van der Waals surface area contributed by atoms with Gasteiger partial charge in [0.05, 0.1) is 6.42 Å². The number of amides is 1. The zero-order valence-corrected chi connectivity index (χ0v) is 12.7. The Balaban J connectivity index is 2.78. The minimum Gasteiger partial charge on any atom is -0.481 e. The van der Waals surface area contributed by atoms with Gasteiger partial charge in [-0.1, -0.05) is 24.6 Å². The van der Waals surface area contributed by atoms with E-state index in [4.69, 9.17) is 10.8 Å². The van der Waals surface area contributed by atoms with Gasteiger partial charge in [0.15, 0.2) is 0 Å². The number of rotatable bonds is 8. The Morgan fingerprint density at radius 3 is 2.38 bits per heavy atom. The zero-order chi connectivity index (χ0) is 15.8. The molecule has 0 aliphatic carbocycles. The molecule has 0 aliphatic rings. The van der Waals surface area contributed by atoms with E-state index in [2.05, 4.69) is 0 Å². The summed E-state index contributed by atoms with van der Waals surface area (Å²) >= 11 is 0. The maximum atomic E-state index is 12.4. The Hall–Kier alpha value is -1.88. The first-order chi connectivity index (χ1) is 9.93. The molecule has 1 amide bonds. The lowest BCUT2D eigenvalue weighted by Crippen LogP contribution is -2.33. The van der Waals surface area contributed by atoms with E-state index in [1.54, 1.807) is 4.90 Å². The van der Waals surface area contributed by atoms with Crippen molar-refractivity contribution in [2.75, 3.05) is 18.0 Å². The van der Waals surface area contributed by atoms with E-state index in [1.165, 1.54) is 0 Å². The second-order valence-corrected chi connectivity index (χ2v) is 5.40. The molecule has 21 heavy (non-hydrogen) atoms. The predicted octanol–water partition coefficient (Wildman–Crippen LogP) is 2.18. The van der Waals surface area contributed by atoms with Crippen molar-refractivity contribution < 1.29 is 14.7 Å². The van der Waals surface area contributed by atoms with Crippen molar-refractivity contribution in [3.63, 3.8) is 0 Å². The number of hydrogen-bond acceptors (Lipinski definition) is 3. The average molecular weight is 292 g/mol. The summed E-state index contributed by atoms with van der Waals surface area (Å²) in [5, 5.41) is 8.84. The normalized spacial score (nSPS) is 12.0.